The van der Waals surface area contributed by atoms with E-state index < -0.39 is 6.09 Å². The van der Waals surface area contributed by atoms with Gasteiger partial charge in [-0.3, -0.25) is 5.32 Å². The second kappa shape index (κ2) is 7.97. The molecule has 5 nitrogen and oxygen atoms in total. The number of rotatable bonds is 8. The van der Waals surface area contributed by atoms with E-state index in [9.17, 15) is 4.79 Å². The number of carbonyl (C=O) groups is 1. The zero-order valence-electron chi connectivity index (χ0n) is 16.3. The van der Waals surface area contributed by atoms with Crippen LogP contribution in [0.15, 0.2) is 30.3 Å². The van der Waals surface area contributed by atoms with E-state index >= 15 is 0 Å². The van der Waals surface area contributed by atoms with Gasteiger partial charge in [-0.1, -0.05) is 39.0 Å². The highest BCUT2D eigenvalue weighted by atomic mass is 16.5. The minimum absolute atomic E-state index is 0.330. The molecule has 1 amide bonds. The lowest BCUT2D eigenvalue weighted by atomic mass is 9.70. The molecule has 1 aromatic rings. The van der Waals surface area contributed by atoms with Crippen LogP contribution in [0.2, 0.25) is 0 Å². The summed E-state index contributed by atoms with van der Waals surface area (Å²) in [6.45, 7) is 10.1. The number of nitrogens with two attached hydrogens (primary N) is 1. The molecule has 1 aromatic carbocycles. The Kier molecular flexibility index (Phi) is 5.88. The van der Waals surface area contributed by atoms with Crippen molar-refractivity contribution in [3.8, 4) is 0 Å². The Hall–Kier alpha value is -1.59. The molecule has 26 heavy (non-hydrogen) atoms. The van der Waals surface area contributed by atoms with Crippen molar-refractivity contribution < 1.29 is 19.6 Å². The van der Waals surface area contributed by atoms with Crippen molar-refractivity contribution >= 4 is 11.8 Å². The van der Waals surface area contributed by atoms with Gasteiger partial charge in [-0.15, -0.1) is 0 Å². The first-order chi connectivity index (χ1) is 12.4. The number of hydrogen-bond acceptors (Lipinski definition) is 3. The largest absolute Gasteiger partial charge is 0.443 e. The van der Waals surface area contributed by atoms with Crippen molar-refractivity contribution in [2.24, 2.45) is 16.7 Å². The molecule has 0 unspecified atom stereocenters. The number of ether oxygens (including phenoxy) is 2. The molecular formula is C21H33N2O3+. The number of fused-ring (bicyclic) bond motifs is 2. The molecule has 2 saturated carbocycles. The number of para-hydroxylation sites is 1. The minimum atomic E-state index is -0.405. The molecule has 0 saturated heterocycles. The second-order valence-electron chi connectivity index (χ2n) is 8.46. The number of benzene rings is 1. The number of anilines is 1. The molecule has 144 valence electrons. The zero-order chi connectivity index (χ0) is 18.6. The summed E-state index contributed by atoms with van der Waals surface area (Å²) in [7, 11) is 0. The van der Waals surface area contributed by atoms with Crippen molar-refractivity contribution in [3.05, 3.63) is 30.3 Å². The van der Waals surface area contributed by atoms with Crippen LogP contribution in [-0.4, -0.2) is 38.5 Å². The van der Waals surface area contributed by atoms with E-state index in [-0.39, 0.29) is 0 Å². The van der Waals surface area contributed by atoms with Crippen molar-refractivity contribution in [2.45, 2.75) is 46.1 Å². The Labute approximate surface area is 156 Å². The first-order valence-corrected chi connectivity index (χ1v) is 9.85. The van der Waals surface area contributed by atoms with Crippen molar-refractivity contribution in [1.29, 1.82) is 0 Å². The SMILES string of the molecule is CC1(C)[C@H]2CC[C@]1(C)[C@@H](OCC[NH2+]CCOC(=O)Nc1ccccc1)C2. The highest BCUT2D eigenvalue weighted by molar-refractivity contribution is 5.84. The molecule has 5 heteroatoms. The summed E-state index contributed by atoms with van der Waals surface area (Å²) < 4.78 is 11.4. The fourth-order valence-electron chi connectivity index (χ4n) is 4.73. The van der Waals surface area contributed by atoms with Gasteiger partial charge < -0.3 is 14.8 Å². The average Bonchev–Trinajstić information content (AvgIpc) is 2.95. The van der Waals surface area contributed by atoms with Crippen molar-refractivity contribution in [1.82, 2.24) is 0 Å². The predicted molar refractivity (Wildman–Crippen MR) is 102 cm³/mol. The fraction of sp³-hybridized carbons (Fsp3) is 0.667. The van der Waals surface area contributed by atoms with Crippen LogP contribution in [0.3, 0.4) is 0 Å². The number of carbonyl (C=O) groups excluding carboxylic acids is 1. The lowest BCUT2D eigenvalue weighted by Gasteiger charge is -2.38. The van der Waals surface area contributed by atoms with Crippen LogP contribution in [0.1, 0.15) is 40.0 Å². The molecule has 3 N–H and O–H groups in total. The van der Waals surface area contributed by atoms with Crippen LogP contribution in [0, 0.1) is 16.7 Å². The summed E-state index contributed by atoms with van der Waals surface area (Å²) in [5.74, 6) is 0.818. The van der Waals surface area contributed by atoms with Gasteiger partial charge in [0.1, 0.15) is 13.2 Å². The van der Waals surface area contributed by atoms with Crippen LogP contribution >= 0.6 is 0 Å². The zero-order valence-corrected chi connectivity index (χ0v) is 16.3. The Morgan fingerprint density at radius 3 is 2.58 bits per heavy atom. The minimum Gasteiger partial charge on any atom is -0.443 e. The summed E-state index contributed by atoms with van der Waals surface area (Å²) in [6, 6.07) is 9.33. The van der Waals surface area contributed by atoms with Crippen LogP contribution in [0.25, 0.3) is 0 Å². The number of amides is 1. The maximum atomic E-state index is 11.7. The van der Waals surface area contributed by atoms with Gasteiger partial charge in [0, 0.05) is 5.69 Å². The molecule has 3 rings (SSSR count). The second-order valence-corrected chi connectivity index (χ2v) is 8.46. The van der Waals surface area contributed by atoms with Crippen LogP contribution in [0.5, 0.6) is 0 Å². The third kappa shape index (κ3) is 3.89. The Balaban J connectivity index is 1.25. The predicted octanol–water partition coefficient (Wildman–Crippen LogP) is 3.03. The van der Waals surface area contributed by atoms with Crippen LogP contribution in [0.4, 0.5) is 10.5 Å². The van der Waals surface area contributed by atoms with Gasteiger partial charge in [0.25, 0.3) is 0 Å². The summed E-state index contributed by atoms with van der Waals surface area (Å²) >= 11 is 0. The molecule has 2 aliphatic carbocycles. The van der Waals surface area contributed by atoms with Gasteiger partial charge >= 0.3 is 6.09 Å². The number of hydrogen-bond donors (Lipinski definition) is 2. The van der Waals surface area contributed by atoms with Crippen molar-refractivity contribution in [2.75, 3.05) is 31.6 Å². The molecule has 0 spiro atoms. The van der Waals surface area contributed by atoms with Crippen LogP contribution < -0.4 is 10.6 Å². The molecular weight excluding hydrogens is 328 g/mol. The molecule has 3 atom stereocenters. The average molecular weight is 362 g/mol. The quantitative estimate of drug-likeness (QED) is 0.700. The van der Waals surface area contributed by atoms with E-state index in [0.29, 0.717) is 23.5 Å². The van der Waals surface area contributed by atoms with Crippen LogP contribution in [-0.2, 0) is 9.47 Å². The standard InChI is InChI=1S/C21H32N2O3/c1-20(2)16-9-10-21(20,3)18(15-16)25-13-11-22-12-14-26-19(24)23-17-7-5-4-6-8-17/h4-8,16,18,22H,9-15H2,1-3H3,(H,23,24)/p+1/t16-,18-,21+/m0/s1. The number of nitrogens with one attached hydrogen (secondary N) is 1. The topological polar surface area (TPSA) is 64.2 Å². The summed E-state index contributed by atoms with van der Waals surface area (Å²) in [5.41, 5.74) is 1.48. The van der Waals surface area contributed by atoms with E-state index in [0.717, 1.165) is 31.3 Å². The smallest absolute Gasteiger partial charge is 0.411 e. The summed E-state index contributed by atoms with van der Waals surface area (Å²) in [5, 5.41) is 4.86. The third-order valence-electron chi connectivity index (χ3n) is 6.93. The van der Waals surface area contributed by atoms with E-state index in [1.807, 2.05) is 30.3 Å². The normalized spacial score (nSPS) is 28.9. The molecule has 2 aliphatic rings. The van der Waals surface area contributed by atoms with Gasteiger partial charge in [0.2, 0.25) is 0 Å². The van der Waals surface area contributed by atoms with E-state index in [1.54, 1.807) is 0 Å². The van der Waals surface area contributed by atoms with Gasteiger partial charge in [-0.25, -0.2) is 4.79 Å². The molecule has 0 aromatic heterocycles. The monoisotopic (exact) mass is 361 g/mol. The highest BCUT2D eigenvalue weighted by Crippen LogP contribution is 2.66. The van der Waals surface area contributed by atoms with Gasteiger partial charge in [-0.2, -0.15) is 0 Å². The highest BCUT2D eigenvalue weighted by Gasteiger charge is 2.61. The first kappa shape index (κ1) is 19.2. The van der Waals surface area contributed by atoms with Gasteiger partial charge in [0.05, 0.1) is 19.3 Å². The van der Waals surface area contributed by atoms with E-state index in [2.05, 4.69) is 31.4 Å². The van der Waals surface area contributed by atoms with E-state index in [1.165, 1.54) is 19.3 Å². The Bertz CT molecular complexity index is 605. The van der Waals surface area contributed by atoms with Gasteiger partial charge in [-0.05, 0) is 48.1 Å². The molecule has 0 heterocycles. The van der Waals surface area contributed by atoms with E-state index in [4.69, 9.17) is 9.47 Å². The Morgan fingerprint density at radius 1 is 1.19 bits per heavy atom. The summed E-state index contributed by atoms with van der Waals surface area (Å²) in [6.07, 6.45) is 3.86. The molecule has 0 aliphatic heterocycles. The third-order valence-corrected chi connectivity index (χ3v) is 6.93. The van der Waals surface area contributed by atoms with Gasteiger partial charge in [0.15, 0.2) is 0 Å². The maximum absolute atomic E-state index is 11.7. The van der Waals surface area contributed by atoms with Crippen molar-refractivity contribution in [3.63, 3.8) is 0 Å². The molecule has 2 fully saturated rings. The maximum Gasteiger partial charge on any atom is 0.411 e. The Morgan fingerprint density at radius 2 is 1.92 bits per heavy atom. The lowest BCUT2D eigenvalue weighted by Crippen LogP contribution is -2.86. The lowest BCUT2D eigenvalue weighted by molar-refractivity contribution is -0.657. The number of quaternary nitrogens is 1. The first-order valence-electron chi connectivity index (χ1n) is 9.85. The molecule has 0 radical (unpaired) electrons. The fourth-order valence-corrected chi connectivity index (χ4v) is 4.73. The molecule has 2 bridgehead atoms. The summed E-state index contributed by atoms with van der Waals surface area (Å²) in [4.78, 5) is 11.7.